The monoisotopic (exact) mass is 513 g/mol. The maximum Gasteiger partial charge on any atom is 0.345 e. The fourth-order valence-electron chi connectivity index (χ4n) is 3.85. The van der Waals surface area contributed by atoms with Crippen molar-refractivity contribution >= 4 is 45.2 Å². The van der Waals surface area contributed by atoms with Gasteiger partial charge in [0, 0.05) is 22.3 Å². The normalized spacial score (nSPS) is 11.4. The Hall–Kier alpha value is -4.21. The van der Waals surface area contributed by atoms with Gasteiger partial charge in [0.05, 0.1) is 22.5 Å². The Kier molecular flexibility index (Phi) is 5.63. The summed E-state index contributed by atoms with van der Waals surface area (Å²) in [6.07, 6.45) is 1.77. The SMILES string of the molecule is O=c1oc2ccccc2cc1-c1cn(-c2ccc(Cl)cc2)c(SCn2nnc3ccccc3c2=O)n1. The molecule has 0 aliphatic heterocycles. The van der Waals surface area contributed by atoms with E-state index >= 15 is 0 Å². The molecular formula is C26H16ClN5O3S. The molecule has 3 aromatic carbocycles. The van der Waals surface area contributed by atoms with E-state index in [0.717, 1.165) is 11.1 Å². The maximum absolute atomic E-state index is 12.9. The van der Waals surface area contributed by atoms with Crippen molar-refractivity contribution in [1.29, 1.82) is 0 Å². The Morgan fingerprint density at radius 3 is 2.58 bits per heavy atom. The van der Waals surface area contributed by atoms with Crippen LogP contribution in [0.5, 0.6) is 0 Å². The van der Waals surface area contributed by atoms with Gasteiger partial charge in [-0.15, -0.1) is 5.10 Å². The molecule has 6 rings (SSSR count). The molecule has 6 aromatic rings. The van der Waals surface area contributed by atoms with Crippen molar-refractivity contribution in [2.75, 3.05) is 0 Å². The predicted octanol–water partition coefficient (Wildman–Crippen LogP) is 5.15. The van der Waals surface area contributed by atoms with Crippen LogP contribution in [0.1, 0.15) is 0 Å². The van der Waals surface area contributed by atoms with Gasteiger partial charge < -0.3 is 4.42 Å². The molecule has 0 saturated carbocycles. The number of aromatic nitrogens is 5. The van der Waals surface area contributed by atoms with E-state index in [-0.39, 0.29) is 11.4 Å². The Balaban J connectivity index is 1.43. The van der Waals surface area contributed by atoms with Crippen molar-refractivity contribution in [3.8, 4) is 16.9 Å². The number of hydrogen-bond donors (Lipinski definition) is 0. The van der Waals surface area contributed by atoms with Crippen LogP contribution < -0.4 is 11.2 Å². The van der Waals surface area contributed by atoms with Crippen molar-refractivity contribution in [2.45, 2.75) is 11.0 Å². The lowest BCUT2D eigenvalue weighted by molar-refractivity contribution is 0.563. The smallest absolute Gasteiger partial charge is 0.345 e. The van der Waals surface area contributed by atoms with Crippen LogP contribution in [0.15, 0.2) is 104 Å². The van der Waals surface area contributed by atoms with E-state index < -0.39 is 5.63 Å². The van der Waals surface area contributed by atoms with E-state index in [1.807, 2.05) is 41.0 Å². The van der Waals surface area contributed by atoms with Gasteiger partial charge in [0.1, 0.15) is 11.1 Å². The van der Waals surface area contributed by atoms with Crippen LogP contribution in [-0.4, -0.2) is 24.5 Å². The minimum Gasteiger partial charge on any atom is -0.422 e. The Morgan fingerprint density at radius 2 is 1.72 bits per heavy atom. The summed E-state index contributed by atoms with van der Waals surface area (Å²) >= 11 is 7.38. The lowest BCUT2D eigenvalue weighted by Crippen LogP contribution is -2.23. The van der Waals surface area contributed by atoms with Gasteiger partial charge in [0.25, 0.3) is 5.56 Å². The van der Waals surface area contributed by atoms with Crippen molar-refractivity contribution < 1.29 is 4.42 Å². The molecule has 8 nitrogen and oxygen atoms in total. The molecule has 0 amide bonds. The molecule has 0 fully saturated rings. The molecule has 0 N–H and O–H groups in total. The van der Waals surface area contributed by atoms with Crippen molar-refractivity contribution in [3.05, 3.63) is 111 Å². The highest BCUT2D eigenvalue weighted by atomic mass is 35.5. The van der Waals surface area contributed by atoms with Gasteiger partial charge in [-0.2, -0.15) is 4.68 Å². The molecule has 36 heavy (non-hydrogen) atoms. The van der Waals surface area contributed by atoms with Gasteiger partial charge in [0.15, 0.2) is 5.16 Å². The first-order valence-corrected chi connectivity index (χ1v) is 12.3. The van der Waals surface area contributed by atoms with Crippen molar-refractivity contribution in [3.63, 3.8) is 0 Å². The highest BCUT2D eigenvalue weighted by molar-refractivity contribution is 7.98. The fraction of sp³-hybridized carbons (Fsp3) is 0.0385. The number of rotatable bonds is 5. The second-order valence-corrected chi connectivity index (χ2v) is 9.27. The number of thioether (sulfide) groups is 1. The molecule has 0 aliphatic rings. The lowest BCUT2D eigenvalue weighted by Gasteiger charge is -2.08. The molecule has 0 unspecified atom stereocenters. The average Bonchev–Trinajstić information content (AvgIpc) is 3.32. The van der Waals surface area contributed by atoms with Crippen LogP contribution in [0.2, 0.25) is 5.02 Å². The zero-order valence-electron chi connectivity index (χ0n) is 18.5. The average molecular weight is 514 g/mol. The van der Waals surface area contributed by atoms with Crippen LogP contribution in [0.4, 0.5) is 0 Å². The molecule has 0 atom stereocenters. The molecule has 0 radical (unpaired) electrons. The molecule has 3 heterocycles. The third kappa shape index (κ3) is 4.08. The first-order valence-electron chi connectivity index (χ1n) is 10.9. The predicted molar refractivity (Wildman–Crippen MR) is 140 cm³/mol. The second-order valence-electron chi connectivity index (χ2n) is 7.93. The minimum absolute atomic E-state index is 0.174. The number of nitrogens with zero attached hydrogens (tertiary/aromatic N) is 5. The Labute approximate surface area is 212 Å². The molecule has 3 aromatic heterocycles. The zero-order valence-corrected chi connectivity index (χ0v) is 20.1. The summed E-state index contributed by atoms with van der Waals surface area (Å²) in [5.41, 5.74) is 1.90. The van der Waals surface area contributed by atoms with Crippen LogP contribution in [0, 0.1) is 0 Å². The van der Waals surface area contributed by atoms with E-state index in [0.29, 0.717) is 37.9 Å². The lowest BCUT2D eigenvalue weighted by atomic mass is 10.1. The topological polar surface area (TPSA) is 95.8 Å². The van der Waals surface area contributed by atoms with E-state index in [1.165, 1.54) is 16.4 Å². The summed E-state index contributed by atoms with van der Waals surface area (Å²) in [4.78, 5) is 30.4. The van der Waals surface area contributed by atoms with Gasteiger partial charge in [-0.25, -0.2) is 9.78 Å². The highest BCUT2D eigenvalue weighted by Crippen LogP contribution is 2.28. The fourth-order valence-corrected chi connectivity index (χ4v) is 4.84. The maximum atomic E-state index is 12.9. The Bertz CT molecular complexity index is 1860. The largest absolute Gasteiger partial charge is 0.422 e. The van der Waals surface area contributed by atoms with Crippen LogP contribution in [-0.2, 0) is 5.88 Å². The number of benzene rings is 3. The number of hydrogen-bond acceptors (Lipinski definition) is 7. The zero-order chi connectivity index (χ0) is 24.6. The summed E-state index contributed by atoms with van der Waals surface area (Å²) in [5, 5.41) is 10.6. The summed E-state index contributed by atoms with van der Waals surface area (Å²) in [5.74, 6) is 0.174. The highest BCUT2D eigenvalue weighted by Gasteiger charge is 2.17. The summed E-state index contributed by atoms with van der Waals surface area (Å²) in [6, 6.07) is 23.4. The molecule has 0 aliphatic carbocycles. The van der Waals surface area contributed by atoms with Gasteiger partial charge in [-0.3, -0.25) is 9.36 Å². The number of halogens is 1. The third-order valence-electron chi connectivity index (χ3n) is 5.64. The van der Waals surface area contributed by atoms with Crippen molar-refractivity contribution in [2.24, 2.45) is 0 Å². The van der Waals surface area contributed by atoms with E-state index in [9.17, 15) is 9.59 Å². The minimum atomic E-state index is -0.484. The van der Waals surface area contributed by atoms with E-state index in [1.54, 1.807) is 48.7 Å². The van der Waals surface area contributed by atoms with Gasteiger partial charge >= 0.3 is 5.63 Å². The number of para-hydroxylation sites is 1. The third-order valence-corrected chi connectivity index (χ3v) is 6.81. The number of imidazole rings is 1. The first kappa shape index (κ1) is 22.3. The summed E-state index contributed by atoms with van der Waals surface area (Å²) in [7, 11) is 0. The van der Waals surface area contributed by atoms with Crippen LogP contribution >= 0.6 is 23.4 Å². The van der Waals surface area contributed by atoms with E-state index in [4.69, 9.17) is 21.0 Å². The molecule has 176 valence electrons. The summed E-state index contributed by atoms with van der Waals surface area (Å²) < 4.78 is 8.64. The quantitative estimate of drug-likeness (QED) is 0.232. The van der Waals surface area contributed by atoms with Gasteiger partial charge in [0.2, 0.25) is 0 Å². The number of fused-ring (bicyclic) bond motifs is 2. The molecule has 0 saturated heterocycles. The van der Waals surface area contributed by atoms with E-state index in [2.05, 4.69) is 10.3 Å². The standard InChI is InChI=1S/C26H16ClN5O3S/c27-17-9-11-18(12-10-17)31-14-22(20-13-16-5-1-4-8-23(16)35-25(20)34)28-26(31)36-15-32-24(33)19-6-2-3-7-21(19)29-30-32/h1-14H,15H2. The van der Waals surface area contributed by atoms with Gasteiger partial charge in [-0.05, 0) is 48.5 Å². The van der Waals surface area contributed by atoms with Crippen LogP contribution in [0.3, 0.4) is 0 Å². The molecule has 10 heteroatoms. The second kappa shape index (κ2) is 9.10. The molecular weight excluding hydrogens is 498 g/mol. The van der Waals surface area contributed by atoms with Crippen molar-refractivity contribution in [1.82, 2.24) is 24.5 Å². The molecule has 0 spiro atoms. The Morgan fingerprint density at radius 1 is 0.944 bits per heavy atom. The molecule has 0 bridgehead atoms. The van der Waals surface area contributed by atoms with Crippen LogP contribution in [0.25, 0.3) is 38.8 Å². The van der Waals surface area contributed by atoms with Gasteiger partial charge in [-0.1, -0.05) is 58.9 Å². The first-order chi connectivity index (χ1) is 17.6. The summed E-state index contributed by atoms with van der Waals surface area (Å²) in [6.45, 7) is 0.